The van der Waals surface area contributed by atoms with E-state index < -0.39 is 22.7 Å². The van der Waals surface area contributed by atoms with Crippen LogP contribution >= 0.6 is 22.6 Å². The number of aromatic nitrogens is 1. The van der Waals surface area contributed by atoms with E-state index in [0.717, 1.165) is 6.20 Å². The smallest absolute Gasteiger partial charge is 0.296 e. The van der Waals surface area contributed by atoms with Crippen molar-refractivity contribution in [2.24, 2.45) is 0 Å². The van der Waals surface area contributed by atoms with Crippen LogP contribution in [0.25, 0.3) is 0 Å². The van der Waals surface area contributed by atoms with Crippen molar-refractivity contribution in [3.05, 3.63) is 31.1 Å². The molecule has 8 heteroatoms. The van der Waals surface area contributed by atoms with Gasteiger partial charge in [-0.3, -0.25) is 19.9 Å². The zero-order valence-electron chi connectivity index (χ0n) is 6.99. The molecule has 1 rings (SSSR count). The monoisotopic (exact) mass is 328 g/mol. The molecule has 80 valence electrons. The van der Waals surface area contributed by atoms with Crippen LogP contribution in [-0.4, -0.2) is 16.2 Å². The average molecular weight is 328 g/mol. The number of nitro groups is 1. The Morgan fingerprint density at radius 1 is 1.60 bits per heavy atom. The molecule has 0 atom stereocenters. The Balaban J connectivity index is 3.49. The van der Waals surface area contributed by atoms with E-state index in [1.807, 2.05) is 0 Å². The highest BCUT2D eigenvalue weighted by Gasteiger charge is 2.26. The Labute approximate surface area is 95.8 Å². The second kappa shape index (κ2) is 4.55. The van der Waals surface area contributed by atoms with Gasteiger partial charge in [0.05, 0.1) is 4.92 Å². The van der Waals surface area contributed by atoms with Crippen molar-refractivity contribution in [2.75, 3.05) is 0 Å². The molecular weight excluding hydrogens is 325 g/mol. The molecule has 0 bridgehead atoms. The lowest BCUT2D eigenvalue weighted by atomic mass is 10.2. The first-order valence-corrected chi connectivity index (χ1v) is 4.63. The van der Waals surface area contributed by atoms with E-state index in [1.54, 1.807) is 0 Å². The molecule has 0 saturated carbocycles. The van der Waals surface area contributed by atoms with Gasteiger partial charge in [0.25, 0.3) is 12.1 Å². The number of alkyl halides is 2. The summed E-state index contributed by atoms with van der Waals surface area (Å²) >= 11 is 1.38. The van der Waals surface area contributed by atoms with Crippen molar-refractivity contribution in [3.63, 3.8) is 0 Å². The molecule has 0 fully saturated rings. The summed E-state index contributed by atoms with van der Waals surface area (Å²) in [6, 6.07) is 0. The van der Waals surface area contributed by atoms with E-state index in [0.29, 0.717) is 0 Å². The Morgan fingerprint density at radius 3 is 2.60 bits per heavy atom. The predicted molar refractivity (Wildman–Crippen MR) is 54.0 cm³/mol. The summed E-state index contributed by atoms with van der Waals surface area (Å²) in [7, 11) is 0. The number of hydrogen-bond acceptors (Lipinski definition) is 4. The Bertz CT molecular complexity index is 425. The predicted octanol–water partition coefficient (Wildman–Crippen LogP) is 2.34. The maximum absolute atomic E-state index is 12.3. The van der Waals surface area contributed by atoms with Gasteiger partial charge >= 0.3 is 0 Å². The highest BCUT2D eigenvalue weighted by atomic mass is 127. The maximum atomic E-state index is 12.3. The molecule has 0 amide bonds. The Morgan fingerprint density at radius 2 is 2.20 bits per heavy atom. The zero-order valence-corrected chi connectivity index (χ0v) is 9.14. The van der Waals surface area contributed by atoms with Gasteiger partial charge in [-0.25, -0.2) is 8.78 Å². The van der Waals surface area contributed by atoms with Gasteiger partial charge in [0.2, 0.25) is 0 Å². The molecular formula is C7H3F2IN2O3. The molecule has 0 saturated heterocycles. The molecule has 0 aromatic carbocycles. The van der Waals surface area contributed by atoms with Crippen LogP contribution in [0.15, 0.2) is 6.20 Å². The molecule has 0 aliphatic carbocycles. The van der Waals surface area contributed by atoms with Crippen LogP contribution in [0.5, 0.6) is 0 Å². The quantitative estimate of drug-likeness (QED) is 0.369. The SMILES string of the molecule is O=Cc1cnc(C(F)F)c(I)c1[N+](=O)[O-]. The minimum absolute atomic E-state index is 0.211. The number of pyridine rings is 1. The summed E-state index contributed by atoms with van der Waals surface area (Å²) in [5, 5.41) is 10.5. The standard InChI is InChI=1S/C7H3F2IN2O3/c8-7(9)5-4(10)6(12(14)15)3(2-13)1-11-5/h1-2,7H. The van der Waals surface area contributed by atoms with Crippen LogP contribution in [0.2, 0.25) is 0 Å². The topological polar surface area (TPSA) is 73.1 Å². The van der Waals surface area contributed by atoms with Crippen molar-refractivity contribution in [2.45, 2.75) is 6.43 Å². The van der Waals surface area contributed by atoms with Crippen LogP contribution < -0.4 is 0 Å². The summed E-state index contributed by atoms with van der Waals surface area (Å²) < 4.78 is 24.3. The van der Waals surface area contributed by atoms with Gasteiger partial charge in [0.1, 0.15) is 14.8 Å². The third kappa shape index (κ3) is 2.25. The molecule has 0 N–H and O–H groups in total. The summed E-state index contributed by atoms with van der Waals surface area (Å²) in [6.45, 7) is 0. The number of rotatable bonds is 3. The number of nitrogens with zero attached hydrogens (tertiary/aromatic N) is 2. The molecule has 0 spiro atoms. The molecule has 0 aliphatic heterocycles. The van der Waals surface area contributed by atoms with E-state index in [4.69, 9.17) is 0 Å². The van der Waals surface area contributed by atoms with Gasteiger partial charge < -0.3 is 0 Å². The summed E-state index contributed by atoms with van der Waals surface area (Å²) in [5.74, 6) is 0. The van der Waals surface area contributed by atoms with E-state index >= 15 is 0 Å². The van der Waals surface area contributed by atoms with E-state index in [2.05, 4.69) is 4.98 Å². The second-order valence-corrected chi connectivity index (χ2v) is 3.52. The van der Waals surface area contributed by atoms with Crippen molar-refractivity contribution in [3.8, 4) is 0 Å². The third-order valence-corrected chi connectivity index (χ3v) is 2.63. The number of aldehydes is 1. The van der Waals surface area contributed by atoms with Crippen molar-refractivity contribution in [1.29, 1.82) is 0 Å². The number of hydrogen-bond donors (Lipinski definition) is 0. The van der Waals surface area contributed by atoms with Crippen molar-refractivity contribution < 1.29 is 18.5 Å². The minimum atomic E-state index is -2.91. The zero-order chi connectivity index (χ0) is 11.6. The molecule has 0 aliphatic rings. The maximum Gasteiger partial charge on any atom is 0.296 e. The lowest BCUT2D eigenvalue weighted by Gasteiger charge is -2.03. The lowest BCUT2D eigenvalue weighted by molar-refractivity contribution is -0.386. The fraction of sp³-hybridized carbons (Fsp3) is 0.143. The third-order valence-electron chi connectivity index (χ3n) is 1.57. The van der Waals surface area contributed by atoms with Crippen LogP contribution in [-0.2, 0) is 0 Å². The van der Waals surface area contributed by atoms with Crippen LogP contribution in [0.1, 0.15) is 22.5 Å². The number of carbonyl (C=O) groups excluding carboxylic acids is 1. The molecule has 0 unspecified atom stereocenters. The highest BCUT2D eigenvalue weighted by molar-refractivity contribution is 14.1. The Kier molecular flexibility index (Phi) is 3.61. The van der Waals surface area contributed by atoms with E-state index in [9.17, 15) is 23.7 Å². The molecule has 5 nitrogen and oxygen atoms in total. The van der Waals surface area contributed by atoms with Crippen LogP contribution in [0, 0.1) is 13.7 Å². The van der Waals surface area contributed by atoms with Gasteiger partial charge in [0.15, 0.2) is 6.29 Å². The number of halogens is 3. The van der Waals surface area contributed by atoms with Gasteiger partial charge in [-0.05, 0) is 22.6 Å². The highest BCUT2D eigenvalue weighted by Crippen LogP contribution is 2.31. The Hall–Kier alpha value is -1.19. The van der Waals surface area contributed by atoms with Gasteiger partial charge in [-0.15, -0.1) is 0 Å². The lowest BCUT2D eigenvalue weighted by Crippen LogP contribution is -2.04. The molecule has 0 radical (unpaired) electrons. The molecule has 15 heavy (non-hydrogen) atoms. The molecule has 1 aromatic rings. The van der Waals surface area contributed by atoms with E-state index in [1.165, 1.54) is 22.6 Å². The molecule has 1 aromatic heterocycles. The van der Waals surface area contributed by atoms with Gasteiger partial charge in [0, 0.05) is 6.20 Å². The fourth-order valence-electron chi connectivity index (χ4n) is 0.929. The first kappa shape index (κ1) is 11.9. The van der Waals surface area contributed by atoms with Gasteiger partial charge in [-0.2, -0.15) is 0 Å². The first-order valence-electron chi connectivity index (χ1n) is 3.55. The summed E-state index contributed by atoms with van der Waals surface area (Å²) in [6.07, 6.45) is -1.92. The van der Waals surface area contributed by atoms with E-state index in [-0.39, 0.29) is 15.4 Å². The second-order valence-electron chi connectivity index (χ2n) is 2.44. The molecule has 1 heterocycles. The normalized spacial score (nSPS) is 10.4. The largest absolute Gasteiger partial charge is 0.298 e. The number of carbonyl (C=O) groups is 1. The van der Waals surface area contributed by atoms with Crippen LogP contribution in [0.4, 0.5) is 14.5 Å². The first-order chi connectivity index (χ1) is 6.99. The fourth-order valence-corrected chi connectivity index (χ4v) is 1.81. The van der Waals surface area contributed by atoms with Crippen LogP contribution in [0.3, 0.4) is 0 Å². The summed E-state index contributed by atoms with van der Waals surface area (Å²) in [4.78, 5) is 23.4. The van der Waals surface area contributed by atoms with Gasteiger partial charge in [-0.1, -0.05) is 0 Å². The average Bonchev–Trinajstić information content (AvgIpc) is 2.15. The summed E-state index contributed by atoms with van der Waals surface area (Å²) in [5.41, 5.74) is -1.63. The van der Waals surface area contributed by atoms with Crippen molar-refractivity contribution in [1.82, 2.24) is 4.98 Å². The van der Waals surface area contributed by atoms with Crippen molar-refractivity contribution >= 4 is 34.6 Å². The minimum Gasteiger partial charge on any atom is -0.298 e.